The lowest BCUT2D eigenvalue weighted by Gasteiger charge is -2.24. The van der Waals surface area contributed by atoms with Gasteiger partial charge in [0.2, 0.25) is 0 Å². The van der Waals surface area contributed by atoms with Gasteiger partial charge in [-0.15, -0.1) is 0 Å². The minimum absolute atomic E-state index is 0.822. The molecule has 1 aromatic rings. The zero-order valence-electron chi connectivity index (χ0n) is 6.09. The second-order valence-electron chi connectivity index (χ2n) is 2.92. The lowest BCUT2D eigenvalue weighted by atomic mass is 9.83. The monoisotopic (exact) mass is 171 g/mol. The smallest absolute Gasteiger partial charge is 0.0554 e. The van der Waals surface area contributed by atoms with E-state index in [1.54, 1.807) is 5.30 Å². The van der Waals surface area contributed by atoms with Gasteiger partial charge in [-0.3, -0.25) is 0 Å². The molecular formula is C7H11NP2. The van der Waals surface area contributed by atoms with E-state index in [4.69, 9.17) is 0 Å². The predicted molar refractivity (Wildman–Crippen MR) is 47.6 cm³/mol. The Morgan fingerprint density at radius 3 is 2.80 bits per heavy atom. The van der Waals surface area contributed by atoms with Crippen LogP contribution in [0.3, 0.4) is 0 Å². The van der Waals surface area contributed by atoms with Crippen LogP contribution < -0.4 is 0 Å². The average molecular weight is 171 g/mol. The van der Waals surface area contributed by atoms with Gasteiger partial charge in [0.15, 0.2) is 0 Å². The van der Waals surface area contributed by atoms with Gasteiger partial charge in [-0.25, -0.2) is 4.75 Å². The third-order valence-electron chi connectivity index (χ3n) is 2.25. The van der Waals surface area contributed by atoms with E-state index in [2.05, 4.69) is 11.7 Å². The van der Waals surface area contributed by atoms with Gasteiger partial charge >= 0.3 is 0 Å². The van der Waals surface area contributed by atoms with Crippen molar-refractivity contribution in [3.8, 4) is 0 Å². The maximum Gasteiger partial charge on any atom is 0.0554 e. The number of rotatable bonds is 1. The van der Waals surface area contributed by atoms with E-state index in [0.29, 0.717) is 0 Å². The van der Waals surface area contributed by atoms with E-state index in [1.165, 1.54) is 32.8 Å². The Morgan fingerprint density at radius 2 is 2.40 bits per heavy atom. The van der Waals surface area contributed by atoms with Gasteiger partial charge in [-0.05, 0) is 35.7 Å². The van der Waals surface area contributed by atoms with Crippen molar-refractivity contribution < 1.29 is 0 Å². The molecule has 1 atom stereocenters. The predicted octanol–water partition coefficient (Wildman–Crippen LogP) is 3.27. The van der Waals surface area contributed by atoms with E-state index in [1.807, 2.05) is 0 Å². The van der Waals surface area contributed by atoms with Gasteiger partial charge in [0.1, 0.15) is 0 Å². The summed E-state index contributed by atoms with van der Waals surface area (Å²) >= 11 is 0. The van der Waals surface area contributed by atoms with Crippen LogP contribution in [0, 0.1) is 6.92 Å². The molecule has 1 nitrogen and oxygen atoms in total. The van der Waals surface area contributed by atoms with Crippen molar-refractivity contribution in [2.24, 2.45) is 0 Å². The van der Waals surface area contributed by atoms with E-state index in [0.717, 1.165) is 13.9 Å². The topological polar surface area (TPSA) is 12.9 Å². The summed E-state index contributed by atoms with van der Waals surface area (Å²) in [6.45, 7) is 2.23. The molecule has 1 aliphatic carbocycles. The van der Waals surface area contributed by atoms with E-state index in [-0.39, 0.29) is 0 Å². The van der Waals surface area contributed by atoms with Crippen molar-refractivity contribution in [3.05, 3.63) is 11.0 Å². The molecule has 1 unspecified atom stereocenters. The molecule has 0 aliphatic heterocycles. The number of nitrogens with zero attached hydrogens (tertiary/aromatic N) is 1. The first kappa shape index (κ1) is 6.83. The normalized spacial score (nSPS) is 20.5. The van der Waals surface area contributed by atoms with Gasteiger partial charge in [-0.2, -0.15) is 0 Å². The Bertz CT molecular complexity index is 227. The summed E-state index contributed by atoms with van der Waals surface area (Å²) in [6.07, 6.45) is 4.23. The number of aromatic nitrogens is 1. The molecule has 0 radical (unpaired) electrons. The Balaban J connectivity index is 2.23. The second-order valence-corrected chi connectivity index (χ2v) is 5.51. The quantitative estimate of drug-likeness (QED) is 0.631. The fraction of sp³-hybridized carbons (Fsp3) is 0.714. The largest absolute Gasteiger partial charge is 0.240 e. The highest BCUT2D eigenvalue weighted by Crippen LogP contribution is 2.41. The van der Waals surface area contributed by atoms with Crippen LogP contribution in [0.25, 0.3) is 0 Å². The van der Waals surface area contributed by atoms with Gasteiger partial charge in [-0.1, -0.05) is 6.42 Å². The molecule has 3 heteroatoms. The minimum atomic E-state index is 0.822. The van der Waals surface area contributed by atoms with Crippen molar-refractivity contribution >= 4 is 15.9 Å². The first-order valence-electron chi connectivity index (χ1n) is 3.75. The third kappa shape index (κ3) is 1.02. The van der Waals surface area contributed by atoms with Crippen molar-refractivity contribution in [2.45, 2.75) is 32.1 Å². The molecule has 10 heavy (non-hydrogen) atoms. The highest BCUT2D eigenvalue weighted by Gasteiger charge is 2.22. The maximum absolute atomic E-state index is 4.53. The van der Waals surface area contributed by atoms with Crippen molar-refractivity contribution in [3.63, 3.8) is 0 Å². The maximum atomic E-state index is 4.53. The molecule has 1 fully saturated rings. The molecule has 54 valence electrons. The summed E-state index contributed by atoms with van der Waals surface area (Å²) in [4.78, 5) is 0. The average Bonchev–Trinajstić information content (AvgIpc) is 2.12. The zero-order chi connectivity index (χ0) is 6.97. The molecule has 0 bridgehead atoms. The van der Waals surface area contributed by atoms with Crippen molar-refractivity contribution in [1.29, 1.82) is 0 Å². The molecular weight excluding hydrogens is 160 g/mol. The number of hydrogen-bond acceptors (Lipinski definition) is 1. The van der Waals surface area contributed by atoms with E-state index >= 15 is 0 Å². The number of aryl methyl sites for hydroxylation is 1. The van der Waals surface area contributed by atoms with Crippen LogP contribution in [0.5, 0.6) is 0 Å². The third-order valence-corrected chi connectivity index (χ3v) is 4.86. The van der Waals surface area contributed by atoms with Gasteiger partial charge in [0, 0.05) is 11.2 Å². The summed E-state index contributed by atoms with van der Waals surface area (Å²) in [5, 5.41) is 1.54. The minimum Gasteiger partial charge on any atom is -0.240 e. The molecule has 0 aromatic carbocycles. The fourth-order valence-corrected chi connectivity index (χ4v) is 3.73. The van der Waals surface area contributed by atoms with Gasteiger partial charge in [0.05, 0.1) is 5.69 Å². The Morgan fingerprint density at radius 1 is 1.60 bits per heavy atom. The molecule has 0 spiro atoms. The number of hydrogen-bond donors (Lipinski definition) is 0. The van der Waals surface area contributed by atoms with Crippen LogP contribution in [0.4, 0.5) is 0 Å². The Hall–Kier alpha value is 0.140. The zero-order valence-corrected chi connectivity index (χ0v) is 7.99. The molecule has 0 saturated heterocycles. The van der Waals surface area contributed by atoms with Gasteiger partial charge < -0.3 is 0 Å². The van der Waals surface area contributed by atoms with Crippen LogP contribution in [-0.4, -0.2) is 4.75 Å². The van der Waals surface area contributed by atoms with Crippen LogP contribution >= 0.6 is 15.9 Å². The molecule has 0 N–H and O–H groups in total. The summed E-state index contributed by atoms with van der Waals surface area (Å²) in [5.74, 6) is 0.863. The Labute approximate surface area is 64.4 Å². The molecule has 0 amide bonds. The molecule has 1 heterocycles. The second kappa shape index (κ2) is 2.64. The first-order chi connectivity index (χ1) is 4.88. The van der Waals surface area contributed by atoms with Gasteiger partial charge in [0.25, 0.3) is 0 Å². The van der Waals surface area contributed by atoms with E-state index < -0.39 is 0 Å². The Kier molecular flexibility index (Phi) is 1.80. The summed E-state index contributed by atoms with van der Waals surface area (Å²) in [7, 11) is 2.30. The lowest BCUT2D eigenvalue weighted by Crippen LogP contribution is -2.09. The van der Waals surface area contributed by atoms with Crippen LogP contribution in [0.15, 0.2) is 0 Å². The molecule has 1 aromatic heterocycles. The standard InChI is InChI=1S/C7H11NP2/c1-5-7(8-10-9-5)6-3-2-4-6/h6,10H,2-4H2,1H3. The van der Waals surface area contributed by atoms with E-state index in [9.17, 15) is 0 Å². The SMILES string of the molecule is Cc1p[pH]nc1C1CCC1. The molecule has 2 rings (SSSR count). The lowest BCUT2D eigenvalue weighted by molar-refractivity contribution is 0.412. The van der Waals surface area contributed by atoms with Crippen LogP contribution in [0.1, 0.15) is 36.2 Å². The highest BCUT2D eigenvalue weighted by molar-refractivity contribution is 7.89. The first-order valence-corrected chi connectivity index (χ1v) is 6.43. The highest BCUT2D eigenvalue weighted by atomic mass is 31.8. The van der Waals surface area contributed by atoms with Crippen molar-refractivity contribution in [1.82, 2.24) is 4.75 Å². The summed E-state index contributed by atoms with van der Waals surface area (Å²) in [6, 6.07) is 0. The van der Waals surface area contributed by atoms with Crippen molar-refractivity contribution in [2.75, 3.05) is 0 Å². The van der Waals surface area contributed by atoms with Crippen LogP contribution in [0.2, 0.25) is 0 Å². The fourth-order valence-electron chi connectivity index (χ4n) is 1.36. The van der Waals surface area contributed by atoms with Crippen LogP contribution in [-0.2, 0) is 0 Å². The molecule has 1 saturated carbocycles. The molecule has 1 aliphatic rings. The summed E-state index contributed by atoms with van der Waals surface area (Å²) in [5.41, 5.74) is 1.46. The summed E-state index contributed by atoms with van der Waals surface area (Å²) < 4.78 is 4.53.